The Hall–Kier alpha value is -5.78. The molecule has 260 valence electrons. The van der Waals surface area contributed by atoms with Crippen LogP contribution in [0.3, 0.4) is 0 Å². The number of nitrogens with one attached hydrogen (secondary N) is 3. The highest BCUT2D eigenvalue weighted by atomic mass is 16.2. The van der Waals surface area contributed by atoms with Gasteiger partial charge in [-0.3, -0.25) is 14.4 Å². The van der Waals surface area contributed by atoms with Crippen LogP contribution in [-0.2, 0) is 18.4 Å². The van der Waals surface area contributed by atoms with Crippen molar-refractivity contribution in [3.63, 3.8) is 0 Å². The van der Waals surface area contributed by atoms with E-state index in [1.54, 1.807) is 27.9 Å². The summed E-state index contributed by atoms with van der Waals surface area (Å²) in [6.45, 7) is 6.48. The van der Waals surface area contributed by atoms with Crippen molar-refractivity contribution in [1.82, 2.24) is 34.9 Å². The Kier molecular flexibility index (Phi) is 8.37. The number of carbonyl (C=O) groups excluding carboxylic acids is 3. The number of hydrogen-bond donors (Lipinski definition) is 3. The van der Waals surface area contributed by atoms with Gasteiger partial charge in [0.1, 0.15) is 6.04 Å². The lowest BCUT2D eigenvalue weighted by Crippen LogP contribution is -2.50. The quantitative estimate of drug-likeness (QED) is 0.198. The molecule has 2 saturated heterocycles. The van der Waals surface area contributed by atoms with Crippen LogP contribution in [0.5, 0.6) is 0 Å². The Labute approximate surface area is 296 Å². The monoisotopic (exact) mass is 683 g/mol. The minimum atomic E-state index is -0.447. The highest BCUT2D eigenvalue weighted by Crippen LogP contribution is 2.33. The highest BCUT2D eigenvalue weighted by molar-refractivity contribution is 6.03. The first kappa shape index (κ1) is 32.4. The van der Waals surface area contributed by atoms with E-state index in [-0.39, 0.29) is 17.7 Å². The first-order chi connectivity index (χ1) is 24.7. The van der Waals surface area contributed by atoms with Gasteiger partial charge >= 0.3 is 0 Å². The fourth-order valence-electron chi connectivity index (χ4n) is 7.67. The maximum absolute atomic E-state index is 13.5. The van der Waals surface area contributed by atoms with Gasteiger partial charge in [0, 0.05) is 61.9 Å². The topological polar surface area (TPSA) is 137 Å². The van der Waals surface area contributed by atoms with Crippen LogP contribution >= 0.6 is 0 Å². The third-order valence-electron chi connectivity index (χ3n) is 10.5. The van der Waals surface area contributed by atoms with E-state index < -0.39 is 6.04 Å². The molecule has 3 N–H and O–H groups in total. The van der Waals surface area contributed by atoms with Crippen LogP contribution in [0.2, 0.25) is 0 Å². The molecular weight excluding hydrogens is 642 g/mol. The predicted molar refractivity (Wildman–Crippen MR) is 195 cm³/mol. The third kappa shape index (κ3) is 6.15. The molecule has 51 heavy (non-hydrogen) atoms. The van der Waals surface area contributed by atoms with Gasteiger partial charge in [-0.2, -0.15) is 10.1 Å². The fraction of sp³-hybridized carbons (Fsp3) is 0.333. The minimum absolute atomic E-state index is 0.0179. The predicted octanol–water partition coefficient (Wildman–Crippen LogP) is 5.72. The molecule has 0 saturated carbocycles. The SMILES string of the molecule is Cc1cccc(C)c1Nc1nn(C)c2nc(Nc3ccc(C4CCN(C(=O)c5ccc6c(c5)CN(C5CCCNC5=O)C6=O)CC4)cc3)ncc12. The van der Waals surface area contributed by atoms with Crippen LogP contribution in [-0.4, -0.2) is 72.9 Å². The molecule has 12 heteroatoms. The molecule has 1 atom stereocenters. The summed E-state index contributed by atoms with van der Waals surface area (Å²) in [6, 6.07) is 19.4. The molecular formula is C39H41N9O3. The minimum Gasteiger partial charge on any atom is -0.354 e. The van der Waals surface area contributed by atoms with Crippen molar-refractivity contribution in [3.05, 3.63) is 100 Å². The molecule has 0 aliphatic carbocycles. The number of para-hydroxylation sites is 1. The summed E-state index contributed by atoms with van der Waals surface area (Å²) in [5.74, 6) is 1.31. The van der Waals surface area contributed by atoms with Crippen molar-refractivity contribution in [2.75, 3.05) is 30.3 Å². The molecule has 3 aromatic carbocycles. The Balaban J connectivity index is 0.879. The van der Waals surface area contributed by atoms with Crippen LogP contribution < -0.4 is 16.0 Å². The van der Waals surface area contributed by atoms with Crippen molar-refractivity contribution >= 4 is 51.9 Å². The summed E-state index contributed by atoms with van der Waals surface area (Å²) in [4.78, 5) is 51.9. The standard InChI is InChI=1S/C39H41N9O3/c1-23-6-4-7-24(2)33(23)43-34-31-21-41-39(44-35(31)46(3)45-34)42-29-12-9-25(10-13-29)26-15-18-47(19-16-26)37(50)27-11-14-30-28(20-27)22-48(38(30)51)32-8-5-17-40-36(32)49/h4,6-7,9-14,20-21,26,32H,5,8,15-19,22H2,1-3H3,(H,40,49)(H,43,45)(H,41,42,44). The van der Waals surface area contributed by atoms with Crippen molar-refractivity contribution in [2.45, 2.75) is 58.0 Å². The second-order valence-electron chi connectivity index (χ2n) is 13.9. The average Bonchev–Trinajstić information content (AvgIpc) is 3.64. The molecule has 3 aliphatic rings. The number of benzene rings is 3. The van der Waals surface area contributed by atoms with Crippen LogP contribution in [0.1, 0.15) is 74.6 Å². The Morgan fingerprint density at radius 2 is 1.71 bits per heavy atom. The lowest BCUT2D eigenvalue weighted by Gasteiger charge is -2.32. The number of nitrogens with zero attached hydrogens (tertiary/aromatic N) is 6. The van der Waals surface area contributed by atoms with Gasteiger partial charge in [-0.1, -0.05) is 30.3 Å². The van der Waals surface area contributed by atoms with Crippen molar-refractivity contribution in [2.24, 2.45) is 7.05 Å². The first-order valence-corrected chi connectivity index (χ1v) is 17.6. The van der Waals surface area contributed by atoms with E-state index in [1.165, 1.54) is 5.56 Å². The zero-order valence-corrected chi connectivity index (χ0v) is 29.1. The first-order valence-electron chi connectivity index (χ1n) is 17.6. The summed E-state index contributed by atoms with van der Waals surface area (Å²) in [5.41, 5.74) is 8.16. The summed E-state index contributed by atoms with van der Waals surface area (Å²) < 4.78 is 1.76. The zero-order chi connectivity index (χ0) is 35.2. The zero-order valence-electron chi connectivity index (χ0n) is 29.1. The van der Waals surface area contributed by atoms with E-state index in [0.717, 1.165) is 64.2 Å². The smallest absolute Gasteiger partial charge is 0.255 e. The summed E-state index contributed by atoms with van der Waals surface area (Å²) >= 11 is 0. The second-order valence-corrected chi connectivity index (χ2v) is 13.9. The van der Waals surface area contributed by atoms with E-state index in [9.17, 15) is 14.4 Å². The Morgan fingerprint density at radius 3 is 2.45 bits per heavy atom. The normalized spacial score (nSPS) is 17.8. The molecule has 5 heterocycles. The van der Waals surface area contributed by atoms with Gasteiger partial charge in [-0.05, 0) is 98.0 Å². The number of anilines is 4. The molecule has 8 rings (SSSR count). The van der Waals surface area contributed by atoms with Crippen LogP contribution in [0, 0.1) is 13.8 Å². The number of carbonyl (C=O) groups is 3. The maximum atomic E-state index is 13.5. The molecule has 2 aromatic heterocycles. The van der Waals surface area contributed by atoms with Crippen LogP contribution in [0.25, 0.3) is 11.0 Å². The van der Waals surface area contributed by atoms with E-state index in [0.29, 0.717) is 55.6 Å². The van der Waals surface area contributed by atoms with Crippen molar-refractivity contribution < 1.29 is 14.4 Å². The molecule has 0 radical (unpaired) electrons. The molecule has 3 aliphatic heterocycles. The number of fused-ring (bicyclic) bond motifs is 2. The van der Waals surface area contributed by atoms with E-state index >= 15 is 0 Å². The average molecular weight is 684 g/mol. The molecule has 0 bridgehead atoms. The summed E-state index contributed by atoms with van der Waals surface area (Å²) in [6.07, 6.45) is 5.04. The van der Waals surface area contributed by atoms with Gasteiger partial charge < -0.3 is 25.8 Å². The number of amides is 3. The molecule has 1 unspecified atom stereocenters. The van der Waals surface area contributed by atoms with Gasteiger partial charge in [-0.15, -0.1) is 0 Å². The van der Waals surface area contributed by atoms with Gasteiger partial charge in [0.25, 0.3) is 11.8 Å². The second kappa shape index (κ2) is 13.2. The molecule has 3 amide bonds. The van der Waals surface area contributed by atoms with Gasteiger partial charge in [-0.25, -0.2) is 9.67 Å². The number of hydrogen-bond acceptors (Lipinski definition) is 8. The lowest BCUT2D eigenvalue weighted by molar-refractivity contribution is -0.127. The van der Waals surface area contributed by atoms with Crippen LogP contribution in [0.4, 0.5) is 23.1 Å². The van der Waals surface area contributed by atoms with E-state index in [1.807, 2.05) is 36.2 Å². The lowest BCUT2D eigenvalue weighted by atomic mass is 9.89. The number of likely N-dealkylation sites (tertiary alicyclic amines) is 1. The third-order valence-corrected chi connectivity index (χ3v) is 10.5. The van der Waals surface area contributed by atoms with Crippen molar-refractivity contribution in [1.29, 1.82) is 0 Å². The number of aryl methyl sites for hydroxylation is 3. The van der Waals surface area contributed by atoms with E-state index in [4.69, 9.17) is 4.98 Å². The Morgan fingerprint density at radius 1 is 0.941 bits per heavy atom. The maximum Gasteiger partial charge on any atom is 0.255 e. The highest BCUT2D eigenvalue weighted by Gasteiger charge is 2.38. The largest absolute Gasteiger partial charge is 0.354 e. The summed E-state index contributed by atoms with van der Waals surface area (Å²) in [7, 11) is 1.88. The van der Waals surface area contributed by atoms with Crippen molar-refractivity contribution in [3.8, 4) is 0 Å². The molecule has 5 aromatic rings. The van der Waals surface area contributed by atoms with Gasteiger partial charge in [0.2, 0.25) is 11.9 Å². The number of piperidine rings is 2. The van der Waals surface area contributed by atoms with Gasteiger partial charge in [0.05, 0.1) is 5.39 Å². The van der Waals surface area contributed by atoms with Crippen LogP contribution in [0.15, 0.2) is 66.9 Å². The number of rotatable bonds is 7. The van der Waals surface area contributed by atoms with E-state index in [2.05, 4.69) is 64.1 Å². The number of aromatic nitrogens is 4. The fourth-order valence-corrected chi connectivity index (χ4v) is 7.67. The molecule has 12 nitrogen and oxygen atoms in total. The summed E-state index contributed by atoms with van der Waals surface area (Å²) in [5, 5.41) is 15.2. The Bertz CT molecular complexity index is 2150. The molecule has 2 fully saturated rings. The molecule has 0 spiro atoms. The van der Waals surface area contributed by atoms with Gasteiger partial charge in [0.15, 0.2) is 11.5 Å².